The first-order valence-electron chi connectivity index (χ1n) is 10.6. The average Bonchev–Trinajstić information content (AvgIpc) is 3.29. The molecular formula is C26H24N2O4. The van der Waals surface area contributed by atoms with E-state index in [1.165, 1.54) is 0 Å². The Balaban J connectivity index is 1.43. The van der Waals surface area contributed by atoms with Crippen molar-refractivity contribution in [2.75, 3.05) is 13.1 Å². The van der Waals surface area contributed by atoms with Crippen molar-refractivity contribution in [3.63, 3.8) is 0 Å². The summed E-state index contributed by atoms with van der Waals surface area (Å²) in [5.74, 6) is 0.174. The minimum absolute atomic E-state index is 0.0762. The van der Waals surface area contributed by atoms with Gasteiger partial charge < -0.3 is 4.74 Å². The Morgan fingerprint density at radius 1 is 0.875 bits per heavy atom. The molecule has 0 aromatic heterocycles. The van der Waals surface area contributed by atoms with Gasteiger partial charge in [0.25, 0.3) is 5.91 Å². The van der Waals surface area contributed by atoms with Crippen molar-refractivity contribution in [2.24, 2.45) is 0 Å². The van der Waals surface area contributed by atoms with Gasteiger partial charge in [-0.1, -0.05) is 48.5 Å². The Morgan fingerprint density at radius 2 is 1.53 bits per heavy atom. The second-order valence-electron chi connectivity index (χ2n) is 7.65. The molecule has 3 aromatic carbocycles. The zero-order valence-corrected chi connectivity index (χ0v) is 17.6. The van der Waals surface area contributed by atoms with Crippen LogP contribution in [0.2, 0.25) is 0 Å². The van der Waals surface area contributed by atoms with Crippen LogP contribution in [-0.4, -0.2) is 41.6 Å². The number of rotatable bonds is 7. The van der Waals surface area contributed by atoms with Crippen LogP contribution in [0.1, 0.15) is 33.6 Å². The Labute approximate surface area is 186 Å². The van der Waals surface area contributed by atoms with E-state index in [0.717, 1.165) is 6.42 Å². The third-order valence-electron chi connectivity index (χ3n) is 5.44. The topological polar surface area (TPSA) is 75.7 Å². The number of hydrogen-bond donors (Lipinski definition) is 1. The van der Waals surface area contributed by atoms with Crippen molar-refractivity contribution >= 4 is 17.6 Å². The van der Waals surface area contributed by atoms with E-state index in [0.29, 0.717) is 35.6 Å². The smallest absolute Gasteiger partial charge is 0.257 e. The molecule has 1 atom stereocenters. The molecule has 0 bridgehead atoms. The fourth-order valence-corrected chi connectivity index (χ4v) is 3.84. The normalized spacial score (nSPS) is 15.8. The van der Waals surface area contributed by atoms with Gasteiger partial charge in [-0.05, 0) is 55.8 Å². The van der Waals surface area contributed by atoms with Gasteiger partial charge in [0.15, 0.2) is 5.78 Å². The maximum absolute atomic E-state index is 13.1. The maximum Gasteiger partial charge on any atom is 0.257 e. The number of Topliss-reactive ketones (excluding diaryl/α,β-unsaturated/α-hetero) is 1. The van der Waals surface area contributed by atoms with Crippen LogP contribution >= 0.6 is 0 Å². The Kier molecular flexibility index (Phi) is 6.72. The van der Waals surface area contributed by atoms with E-state index in [1.807, 2.05) is 47.4 Å². The summed E-state index contributed by atoms with van der Waals surface area (Å²) in [7, 11) is 0. The zero-order valence-electron chi connectivity index (χ0n) is 17.6. The second-order valence-corrected chi connectivity index (χ2v) is 7.65. The lowest BCUT2D eigenvalue weighted by Gasteiger charge is -2.23. The highest BCUT2D eigenvalue weighted by Crippen LogP contribution is 2.26. The van der Waals surface area contributed by atoms with Gasteiger partial charge in [0.2, 0.25) is 5.91 Å². The number of amides is 2. The van der Waals surface area contributed by atoms with Gasteiger partial charge in [0.1, 0.15) is 11.5 Å². The highest BCUT2D eigenvalue weighted by molar-refractivity contribution is 6.06. The number of imide groups is 1. The van der Waals surface area contributed by atoms with Crippen molar-refractivity contribution in [2.45, 2.75) is 18.9 Å². The Bertz CT molecular complexity index is 1100. The SMILES string of the molecule is O=C(NC(=O)[C@@H]1CCCN1CC(=O)c1ccccc1Oc1ccccc1)c1ccccc1. The first-order chi connectivity index (χ1) is 15.6. The number of nitrogens with one attached hydrogen (secondary N) is 1. The minimum Gasteiger partial charge on any atom is -0.457 e. The predicted octanol–water partition coefficient (Wildman–Crippen LogP) is 4.08. The van der Waals surface area contributed by atoms with Gasteiger partial charge in [-0.25, -0.2) is 0 Å². The number of nitrogens with zero attached hydrogens (tertiary/aromatic N) is 1. The largest absolute Gasteiger partial charge is 0.457 e. The van der Waals surface area contributed by atoms with Crippen LogP contribution in [0.3, 0.4) is 0 Å². The van der Waals surface area contributed by atoms with Gasteiger partial charge >= 0.3 is 0 Å². The molecule has 3 aromatic rings. The van der Waals surface area contributed by atoms with Gasteiger partial charge in [0, 0.05) is 5.56 Å². The number of ether oxygens (including phenoxy) is 1. The van der Waals surface area contributed by atoms with Crippen molar-refractivity contribution in [3.05, 3.63) is 96.1 Å². The average molecular weight is 428 g/mol. The van der Waals surface area contributed by atoms with Crippen molar-refractivity contribution in [3.8, 4) is 11.5 Å². The highest BCUT2D eigenvalue weighted by Gasteiger charge is 2.33. The molecule has 0 spiro atoms. The number of ketones is 1. The molecule has 4 rings (SSSR count). The monoisotopic (exact) mass is 428 g/mol. The third kappa shape index (κ3) is 5.10. The molecule has 1 heterocycles. The molecular weight excluding hydrogens is 404 g/mol. The molecule has 1 N–H and O–H groups in total. The number of para-hydroxylation sites is 2. The quantitative estimate of drug-likeness (QED) is 0.453. The van der Waals surface area contributed by atoms with Crippen LogP contribution in [0, 0.1) is 0 Å². The van der Waals surface area contributed by atoms with Gasteiger partial charge in [-0.15, -0.1) is 0 Å². The number of carbonyl (C=O) groups excluding carboxylic acids is 3. The molecule has 0 radical (unpaired) electrons. The summed E-state index contributed by atoms with van der Waals surface area (Å²) in [4.78, 5) is 40.0. The lowest BCUT2D eigenvalue weighted by atomic mass is 10.1. The van der Waals surface area contributed by atoms with E-state index in [4.69, 9.17) is 4.74 Å². The van der Waals surface area contributed by atoms with Crippen LogP contribution in [0.4, 0.5) is 0 Å². The molecule has 6 heteroatoms. The molecule has 6 nitrogen and oxygen atoms in total. The standard InChI is InChI=1S/C26H24N2O4/c29-23(21-14-7-8-16-24(21)32-20-12-5-2-6-13-20)18-28-17-9-15-22(28)26(31)27-25(30)19-10-3-1-4-11-19/h1-8,10-14,16,22H,9,15,17-18H2,(H,27,30,31)/t22-/m0/s1. The molecule has 0 aliphatic carbocycles. The highest BCUT2D eigenvalue weighted by atomic mass is 16.5. The molecule has 0 unspecified atom stereocenters. The summed E-state index contributed by atoms with van der Waals surface area (Å²) in [6.45, 7) is 0.692. The number of likely N-dealkylation sites (tertiary alicyclic amines) is 1. The maximum atomic E-state index is 13.1. The van der Waals surface area contributed by atoms with E-state index in [-0.39, 0.29) is 18.2 Å². The van der Waals surface area contributed by atoms with Crippen molar-refractivity contribution < 1.29 is 19.1 Å². The van der Waals surface area contributed by atoms with Crippen molar-refractivity contribution in [1.82, 2.24) is 10.2 Å². The number of benzene rings is 3. The summed E-state index contributed by atoms with van der Waals surface area (Å²) < 4.78 is 5.91. The van der Waals surface area contributed by atoms with Crippen LogP contribution in [0.5, 0.6) is 11.5 Å². The van der Waals surface area contributed by atoms with Crippen LogP contribution in [0.25, 0.3) is 0 Å². The zero-order chi connectivity index (χ0) is 22.3. The molecule has 32 heavy (non-hydrogen) atoms. The van der Waals surface area contributed by atoms with Crippen LogP contribution in [-0.2, 0) is 4.79 Å². The number of carbonyl (C=O) groups is 3. The summed E-state index contributed by atoms with van der Waals surface area (Å²) in [5.41, 5.74) is 0.885. The Morgan fingerprint density at radius 3 is 2.28 bits per heavy atom. The first kappa shape index (κ1) is 21.5. The molecule has 1 aliphatic rings. The third-order valence-corrected chi connectivity index (χ3v) is 5.44. The molecule has 0 saturated carbocycles. The summed E-state index contributed by atoms with van der Waals surface area (Å²) >= 11 is 0. The first-order valence-corrected chi connectivity index (χ1v) is 10.6. The van der Waals surface area contributed by atoms with Crippen molar-refractivity contribution in [1.29, 1.82) is 0 Å². The summed E-state index contributed by atoms with van der Waals surface area (Å²) in [6, 6.07) is 24.5. The predicted molar refractivity (Wildman–Crippen MR) is 121 cm³/mol. The lowest BCUT2D eigenvalue weighted by molar-refractivity contribution is -0.124. The Hall–Kier alpha value is -3.77. The summed E-state index contributed by atoms with van der Waals surface area (Å²) in [6.07, 6.45) is 1.39. The van der Waals surface area contributed by atoms with Gasteiger partial charge in [-0.3, -0.25) is 24.6 Å². The van der Waals surface area contributed by atoms with E-state index in [2.05, 4.69) is 5.32 Å². The lowest BCUT2D eigenvalue weighted by Crippen LogP contribution is -2.46. The summed E-state index contributed by atoms with van der Waals surface area (Å²) in [5, 5.41) is 2.47. The van der Waals surface area contributed by atoms with E-state index < -0.39 is 11.9 Å². The van der Waals surface area contributed by atoms with Crippen LogP contribution < -0.4 is 10.1 Å². The molecule has 1 saturated heterocycles. The minimum atomic E-state index is -0.520. The second kappa shape index (κ2) is 10.0. The van der Waals surface area contributed by atoms with E-state index in [9.17, 15) is 14.4 Å². The van der Waals surface area contributed by atoms with E-state index in [1.54, 1.807) is 42.5 Å². The molecule has 2 amide bonds. The number of hydrogen-bond acceptors (Lipinski definition) is 5. The molecule has 1 aliphatic heterocycles. The van der Waals surface area contributed by atoms with E-state index >= 15 is 0 Å². The van der Waals surface area contributed by atoms with Gasteiger partial charge in [0.05, 0.1) is 18.2 Å². The fourth-order valence-electron chi connectivity index (χ4n) is 3.84. The van der Waals surface area contributed by atoms with Crippen LogP contribution in [0.15, 0.2) is 84.9 Å². The fraction of sp³-hybridized carbons (Fsp3) is 0.192. The molecule has 1 fully saturated rings. The van der Waals surface area contributed by atoms with Gasteiger partial charge in [-0.2, -0.15) is 0 Å². The molecule has 162 valence electrons.